The van der Waals surface area contributed by atoms with Crippen molar-refractivity contribution in [3.63, 3.8) is 0 Å². The van der Waals surface area contributed by atoms with Gasteiger partial charge in [-0.2, -0.15) is 19.2 Å². The van der Waals surface area contributed by atoms with Gasteiger partial charge in [-0.15, -0.1) is 0 Å². The number of halogens is 1. The summed E-state index contributed by atoms with van der Waals surface area (Å²) in [6.07, 6.45) is 24.7. The van der Waals surface area contributed by atoms with E-state index < -0.39 is 7.12 Å². The van der Waals surface area contributed by atoms with Crippen LogP contribution in [-0.2, 0) is 63.8 Å². The van der Waals surface area contributed by atoms with Crippen LogP contribution in [0.25, 0.3) is 16.7 Å². The first-order valence-electron chi connectivity index (χ1n) is 26.4. The number of hydrogen-bond acceptors (Lipinski definition) is 10. The van der Waals surface area contributed by atoms with Gasteiger partial charge in [0.2, 0.25) is 0 Å². The van der Waals surface area contributed by atoms with Gasteiger partial charge in [0, 0.05) is 24.1 Å². The molecule has 2 atom stereocenters. The number of benzene rings is 4. The fraction of sp³-hybridized carbons (Fsp3) is 0.500. The highest BCUT2D eigenvalue weighted by molar-refractivity contribution is 9.11. The van der Waals surface area contributed by atoms with E-state index in [0.29, 0.717) is 24.4 Å². The first kappa shape index (κ1) is 56.7. The molecule has 0 amide bonds. The number of carbonyl (C=O) groups excluding carboxylic acids is 4. The fourth-order valence-electron chi connectivity index (χ4n) is 11.4. The minimum Gasteiger partial charge on any atom is -0.423 e. The highest BCUT2D eigenvalue weighted by atomic mass is 79.9. The normalized spacial score (nSPS) is 19.6. The molecule has 4 fully saturated rings. The third-order valence-corrected chi connectivity index (χ3v) is 15.5. The third-order valence-electron chi connectivity index (χ3n) is 14.8. The van der Waals surface area contributed by atoms with Crippen LogP contribution in [0.5, 0.6) is 0 Å². The summed E-state index contributed by atoms with van der Waals surface area (Å²) in [4.78, 5) is 32.5. The highest BCUT2D eigenvalue weighted by Crippen LogP contribution is 2.48. The van der Waals surface area contributed by atoms with Crippen molar-refractivity contribution in [2.45, 2.75) is 155 Å². The van der Waals surface area contributed by atoms with E-state index in [1.165, 1.54) is 126 Å². The Hall–Kier alpha value is -4.58. The van der Waals surface area contributed by atoms with Crippen molar-refractivity contribution < 1.29 is 48.2 Å². The SMILES string of the molecule is Cc1ccc2c(c1)CC(Br)=C2C1CCCCC1.Cc1ccc2c(c1)CC(c1ccccc1CCOC1CCCCO1)=C2C1CCCCC1.O=C=O.O=C=O.OB(O)c1ccccc1CCOC1CCCCO1. The Kier molecular flexibility index (Phi) is 24.1. The monoisotopic (exact) mass is 1040 g/mol. The van der Waals surface area contributed by atoms with Gasteiger partial charge in [0.25, 0.3) is 0 Å². The van der Waals surface area contributed by atoms with Crippen LogP contribution in [0, 0.1) is 25.7 Å². The molecular weight excluding hydrogens is 971 g/mol. The van der Waals surface area contributed by atoms with E-state index in [2.05, 4.69) is 90.4 Å². The van der Waals surface area contributed by atoms with E-state index in [9.17, 15) is 10.0 Å². The van der Waals surface area contributed by atoms with E-state index in [4.69, 9.17) is 38.1 Å². The quantitative estimate of drug-likeness (QED) is 0.132. The summed E-state index contributed by atoms with van der Waals surface area (Å²) < 4.78 is 24.4. The Morgan fingerprint density at radius 2 is 1.01 bits per heavy atom. The first-order chi connectivity index (χ1) is 35.1. The molecule has 4 aromatic carbocycles. The number of rotatable bonds is 12. The summed E-state index contributed by atoms with van der Waals surface area (Å²) in [6, 6.07) is 30.4. The van der Waals surface area contributed by atoms with Crippen molar-refractivity contribution in [1.82, 2.24) is 0 Å². The molecule has 0 aromatic heterocycles. The number of hydrogen-bond donors (Lipinski definition) is 2. The molecule has 2 unspecified atom stereocenters. The molecule has 2 heterocycles. The summed E-state index contributed by atoms with van der Waals surface area (Å²) in [5, 5.41) is 18.5. The molecule has 2 saturated carbocycles. The molecule has 384 valence electrons. The zero-order valence-electron chi connectivity index (χ0n) is 42.5. The highest BCUT2D eigenvalue weighted by Gasteiger charge is 2.31. The largest absolute Gasteiger partial charge is 0.488 e. The molecule has 72 heavy (non-hydrogen) atoms. The molecule has 2 N–H and O–H groups in total. The molecule has 10 nitrogen and oxygen atoms in total. The number of allylic oxidation sites excluding steroid dienone is 4. The van der Waals surface area contributed by atoms with Crippen molar-refractivity contribution in [3.05, 3.63) is 139 Å². The lowest BCUT2D eigenvalue weighted by Gasteiger charge is -2.26. The van der Waals surface area contributed by atoms with Gasteiger partial charge >= 0.3 is 19.4 Å². The van der Waals surface area contributed by atoms with Crippen LogP contribution in [0.3, 0.4) is 0 Å². The predicted molar refractivity (Wildman–Crippen MR) is 285 cm³/mol. The van der Waals surface area contributed by atoms with Crippen LogP contribution in [0.2, 0.25) is 0 Å². The maximum Gasteiger partial charge on any atom is 0.488 e. The van der Waals surface area contributed by atoms with E-state index in [-0.39, 0.29) is 24.9 Å². The zero-order chi connectivity index (χ0) is 51.1. The fourth-order valence-corrected chi connectivity index (χ4v) is 12.2. The lowest BCUT2D eigenvalue weighted by atomic mass is 9.76. The van der Waals surface area contributed by atoms with Crippen molar-refractivity contribution >= 4 is 57.5 Å². The summed E-state index contributed by atoms with van der Waals surface area (Å²) >= 11 is 3.83. The Balaban J connectivity index is 0.000000177. The number of aryl methyl sites for hydroxylation is 2. The second kappa shape index (κ2) is 30.6. The second-order valence-corrected chi connectivity index (χ2v) is 20.7. The molecule has 4 aromatic rings. The zero-order valence-corrected chi connectivity index (χ0v) is 44.1. The Morgan fingerprint density at radius 3 is 1.54 bits per heavy atom. The Labute approximate surface area is 436 Å². The molecule has 2 aliphatic heterocycles. The molecule has 2 saturated heterocycles. The van der Waals surface area contributed by atoms with Gasteiger partial charge in [-0.25, -0.2) is 0 Å². The van der Waals surface area contributed by atoms with E-state index >= 15 is 0 Å². The molecule has 10 rings (SSSR count). The molecule has 0 radical (unpaired) electrons. The van der Waals surface area contributed by atoms with E-state index in [1.807, 2.05) is 12.1 Å². The van der Waals surface area contributed by atoms with Crippen molar-refractivity contribution in [2.24, 2.45) is 11.8 Å². The van der Waals surface area contributed by atoms with Crippen LogP contribution < -0.4 is 5.46 Å². The van der Waals surface area contributed by atoms with Gasteiger partial charge < -0.3 is 29.0 Å². The molecule has 0 bridgehead atoms. The minimum atomic E-state index is -1.42. The first-order valence-corrected chi connectivity index (χ1v) is 27.2. The van der Waals surface area contributed by atoms with Crippen LogP contribution in [0.4, 0.5) is 0 Å². The number of ether oxygens (including phenoxy) is 4. The molecular formula is C60H74BBrO10. The summed E-state index contributed by atoms with van der Waals surface area (Å²) in [6.45, 7) is 7.30. The smallest absolute Gasteiger partial charge is 0.423 e. The van der Waals surface area contributed by atoms with Crippen LogP contribution in [0.15, 0.2) is 89.4 Å². The van der Waals surface area contributed by atoms with Gasteiger partial charge in [0.05, 0.1) is 13.2 Å². The lowest BCUT2D eigenvalue weighted by molar-refractivity contribution is -0.193. The van der Waals surface area contributed by atoms with Crippen LogP contribution in [-0.4, -0.2) is 68.5 Å². The maximum atomic E-state index is 9.24. The van der Waals surface area contributed by atoms with Gasteiger partial charge in [-0.1, -0.05) is 151 Å². The summed E-state index contributed by atoms with van der Waals surface area (Å²) in [5.74, 6) is 1.52. The van der Waals surface area contributed by atoms with Gasteiger partial charge in [-0.3, -0.25) is 0 Å². The van der Waals surface area contributed by atoms with Crippen molar-refractivity contribution in [1.29, 1.82) is 0 Å². The van der Waals surface area contributed by atoms with Gasteiger partial charge in [0.15, 0.2) is 12.6 Å². The van der Waals surface area contributed by atoms with Crippen LogP contribution >= 0.6 is 15.9 Å². The van der Waals surface area contributed by atoms with Gasteiger partial charge in [-0.05, 0) is 170 Å². The molecule has 0 spiro atoms. The minimum absolute atomic E-state index is 0.00311. The predicted octanol–water partition coefficient (Wildman–Crippen LogP) is 11.7. The third kappa shape index (κ3) is 16.7. The summed E-state index contributed by atoms with van der Waals surface area (Å²) in [5.41, 5.74) is 18.0. The molecule has 12 heteroatoms. The topological polar surface area (TPSA) is 146 Å². The van der Waals surface area contributed by atoms with Gasteiger partial charge in [0.1, 0.15) is 0 Å². The van der Waals surface area contributed by atoms with E-state index in [1.54, 1.807) is 28.9 Å². The van der Waals surface area contributed by atoms with Crippen LogP contribution in [0.1, 0.15) is 153 Å². The summed E-state index contributed by atoms with van der Waals surface area (Å²) in [7, 11) is -1.42. The number of fused-ring (bicyclic) bond motifs is 2. The van der Waals surface area contributed by atoms with Crippen molar-refractivity contribution in [3.8, 4) is 0 Å². The van der Waals surface area contributed by atoms with E-state index in [0.717, 1.165) is 76.2 Å². The molecule has 4 aliphatic carbocycles. The Morgan fingerprint density at radius 1 is 0.556 bits per heavy atom. The standard InChI is InChI=1S/C29H36O2.C16H19Br.C13H19BO4.2CO2/c1-21-14-15-26-24(19-21)20-27(29(26)23-10-3-2-4-11-23)25-12-6-5-9-22(25)16-18-31-28-13-7-8-17-30-28;1-11-7-8-14-13(9-11)10-15(17)16(14)12-5-3-2-4-6-12;15-14(16)12-6-2-1-5-11(12)8-10-18-13-7-3-4-9-17-13;2*2-1-3/h5-6,9,12,14-15,19,23,28H,2-4,7-8,10-11,13,16-18,20H2,1H3;7-9,12H,2-6,10H2,1H3;1-2,5-6,13,15-16H,3-4,7-10H2;;. The molecule has 6 aliphatic rings. The second-order valence-electron chi connectivity index (χ2n) is 19.8. The maximum absolute atomic E-state index is 9.24. The average Bonchev–Trinajstić information content (AvgIpc) is 3.94. The Bertz CT molecular complexity index is 2430. The lowest BCUT2D eigenvalue weighted by Crippen LogP contribution is -2.33. The van der Waals surface area contributed by atoms with Crippen molar-refractivity contribution in [2.75, 3.05) is 26.4 Å². The average molecular weight is 1050 g/mol.